The van der Waals surface area contributed by atoms with E-state index in [0.29, 0.717) is 12.0 Å². The van der Waals surface area contributed by atoms with E-state index in [4.69, 9.17) is 5.73 Å². The molecule has 0 saturated heterocycles. The fraction of sp³-hybridized carbons (Fsp3) is 0.571. The van der Waals surface area contributed by atoms with E-state index in [1.807, 2.05) is 12.2 Å². The van der Waals surface area contributed by atoms with Crippen molar-refractivity contribution in [3.05, 3.63) is 36.0 Å². The predicted molar refractivity (Wildman–Crippen MR) is 67.7 cm³/mol. The lowest BCUT2D eigenvalue weighted by atomic mass is 9.78. The second-order valence-corrected chi connectivity index (χ2v) is 5.03. The van der Waals surface area contributed by atoms with Crippen molar-refractivity contribution in [2.75, 3.05) is 6.54 Å². The van der Waals surface area contributed by atoms with Crippen molar-refractivity contribution >= 4 is 0 Å². The highest BCUT2D eigenvalue weighted by atomic mass is 14.5. The minimum absolute atomic E-state index is 0.521. The first-order valence-electron chi connectivity index (χ1n) is 5.84. The van der Waals surface area contributed by atoms with Crippen molar-refractivity contribution in [2.24, 2.45) is 11.1 Å². The fourth-order valence-electron chi connectivity index (χ4n) is 1.76. The Bertz CT molecular complexity index is 269. The van der Waals surface area contributed by atoms with Crippen molar-refractivity contribution in [2.45, 2.75) is 39.5 Å². The van der Waals surface area contributed by atoms with Crippen LogP contribution in [0.25, 0.3) is 0 Å². The zero-order valence-electron chi connectivity index (χ0n) is 10.00. The van der Waals surface area contributed by atoms with E-state index in [1.54, 1.807) is 5.57 Å². The number of hydrogen-bond donors (Lipinski definition) is 1. The van der Waals surface area contributed by atoms with Gasteiger partial charge in [0.1, 0.15) is 0 Å². The summed E-state index contributed by atoms with van der Waals surface area (Å²) in [6, 6.07) is 0. The Morgan fingerprint density at radius 3 is 2.67 bits per heavy atom. The van der Waals surface area contributed by atoms with E-state index < -0.39 is 0 Å². The lowest BCUT2D eigenvalue weighted by Gasteiger charge is -2.28. The Morgan fingerprint density at radius 1 is 1.33 bits per heavy atom. The van der Waals surface area contributed by atoms with Crippen molar-refractivity contribution in [1.29, 1.82) is 0 Å². The number of allylic oxidation sites excluding steroid dienone is 5. The molecule has 0 spiro atoms. The third-order valence-electron chi connectivity index (χ3n) is 2.97. The van der Waals surface area contributed by atoms with E-state index in [-0.39, 0.29) is 0 Å². The van der Waals surface area contributed by atoms with E-state index in [2.05, 4.69) is 32.1 Å². The van der Waals surface area contributed by atoms with Gasteiger partial charge in [0, 0.05) is 6.54 Å². The van der Waals surface area contributed by atoms with Crippen LogP contribution in [0.5, 0.6) is 0 Å². The van der Waals surface area contributed by atoms with Gasteiger partial charge in [-0.2, -0.15) is 0 Å². The van der Waals surface area contributed by atoms with Gasteiger partial charge in [-0.05, 0) is 31.1 Å². The summed E-state index contributed by atoms with van der Waals surface area (Å²) < 4.78 is 0. The lowest BCUT2D eigenvalue weighted by Crippen LogP contribution is -2.14. The molecule has 1 rings (SSSR count). The third-order valence-corrected chi connectivity index (χ3v) is 2.97. The molecule has 2 N–H and O–H groups in total. The third kappa shape index (κ3) is 4.98. The van der Waals surface area contributed by atoms with Gasteiger partial charge in [-0.3, -0.25) is 0 Å². The minimum Gasteiger partial charge on any atom is -0.327 e. The SMILES string of the molecule is CC1(C)CC=C(C/C=C\C=C/CN)CC1. The van der Waals surface area contributed by atoms with Crippen LogP contribution >= 0.6 is 0 Å². The maximum absolute atomic E-state index is 5.35. The average Bonchev–Trinajstić information content (AvgIpc) is 2.20. The molecule has 0 aromatic rings. The lowest BCUT2D eigenvalue weighted by molar-refractivity contribution is 0.323. The Balaban J connectivity index is 2.32. The van der Waals surface area contributed by atoms with Gasteiger partial charge in [0.2, 0.25) is 0 Å². The van der Waals surface area contributed by atoms with Gasteiger partial charge in [-0.15, -0.1) is 0 Å². The van der Waals surface area contributed by atoms with Gasteiger partial charge < -0.3 is 5.73 Å². The maximum Gasteiger partial charge on any atom is 0.0109 e. The zero-order valence-corrected chi connectivity index (χ0v) is 10.00. The van der Waals surface area contributed by atoms with Crippen LogP contribution in [0.15, 0.2) is 36.0 Å². The molecule has 0 saturated carbocycles. The summed E-state index contributed by atoms with van der Waals surface area (Å²) in [6.07, 6.45) is 15.6. The van der Waals surface area contributed by atoms with Crippen molar-refractivity contribution < 1.29 is 0 Å². The molecule has 0 radical (unpaired) electrons. The van der Waals surface area contributed by atoms with Crippen LogP contribution in [0.2, 0.25) is 0 Å². The van der Waals surface area contributed by atoms with E-state index >= 15 is 0 Å². The quantitative estimate of drug-likeness (QED) is 0.551. The van der Waals surface area contributed by atoms with Crippen LogP contribution in [0.3, 0.4) is 0 Å². The predicted octanol–water partition coefficient (Wildman–Crippen LogP) is 3.58. The van der Waals surface area contributed by atoms with Crippen LogP contribution in [0.4, 0.5) is 0 Å². The first-order chi connectivity index (χ1) is 7.14. The molecular formula is C14H23N. The molecule has 84 valence electrons. The highest BCUT2D eigenvalue weighted by Gasteiger charge is 2.20. The first kappa shape index (κ1) is 12.3. The summed E-state index contributed by atoms with van der Waals surface area (Å²) in [5, 5.41) is 0. The van der Waals surface area contributed by atoms with E-state index in [0.717, 1.165) is 6.42 Å². The van der Waals surface area contributed by atoms with Crippen molar-refractivity contribution in [1.82, 2.24) is 0 Å². The summed E-state index contributed by atoms with van der Waals surface area (Å²) >= 11 is 0. The fourth-order valence-corrected chi connectivity index (χ4v) is 1.76. The van der Waals surface area contributed by atoms with Crippen molar-refractivity contribution in [3.63, 3.8) is 0 Å². The Kier molecular flexibility index (Phi) is 4.83. The highest BCUT2D eigenvalue weighted by Crippen LogP contribution is 2.35. The van der Waals surface area contributed by atoms with Gasteiger partial charge in [0.15, 0.2) is 0 Å². The minimum atomic E-state index is 0.521. The molecule has 0 aliphatic heterocycles. The average molecular weight is 205 g/mol. The molecule has 0 heterocycles. The van der Waals surface area contributed by atoms with Gasteiger partial charge in [-0.1, -0.05) is 49.8 Å². The van der Waals surface area contributed by atoms with E-state index in [1.165, 1.54) is 19.3 Å². The Labute approximate surface area is 93.7 Å². The molecule has 1 aliphatic carbocycles. The largest absolute Gasteiger partial charge is 0.327 e. The Hall–Kier alpha value is -0.820. The molecule has 0 aromatic carbocycles. The zero-order chi connectivity index (χ0) is 11.1. The Morgan fingerprint density at radius 2 is 2.07 bits per heavy atom. The molecule has 0 aromatic heterocycles. The smallest absolute Gasteiger partial charge is 0.0109 e. The van der Waals surface area contributed by atoms with Crippen LogP contribution in [0, 0.1) is 5.41 Å². The van der Waals surface area contributed by atoms with Crippen LogP contribution < -0.4 is 5.73 Å². The topological polar surface area (TPSA) is 26.0 Å². The molecule has 0 unspecified atom stereocenters. The van der Waals surface area contributed by atoms with Gasteiger partial charge >= 0.3 is 0 Å². The summed E-state index contributed by atoms with van der Waals surface area (Å²) in [4.78, 5) is 0. The number of nitrogens with two attached hydrogens (primary N) is 1. The number of hydrogen-bond acceptors (Lipinski definition) is 1. The molecule has 0 bridgehead atoms. The van der Waals surface area contributed by atoms with Crippen LogP contribution in [-0.4, -0.2) is 6.54 Å². The van der Waals surface area contributed by atoms with Crippen LogP contribution in [-0.2, 0) is 0 Å². The van der Waals surface area contributed by atoms with Gasteiger partial charge in [0.25, 0.3) is 0 Å². The maximum atomic E-state index is 5.35. The summed E-state index contributed by atoms with van der Waals surface area (Å²) in [7, 11) is 0. The summed E-state index contributed by atoms with van der Waals surface area (Å²) in [6.45, 7) is 5.32. The van der Waals surface area contributed by atoms with Gasteiger partial charge in [-0.25, -0.2) is 0 Å². The molecule has 15 heavy (non-hydrogen) atoms. The second-order valence-electron chi connectivity index (χ2n) is 5.03. The molecule has 1 nitrogen and oxygen atoms in total. The van der Waals surface area contributed by atoms with Gasteiger partial charge in [0.05, 0.1) is 0 Å². The molecule has 1 heteroatoms. The number of rotatable bonds is 4. The normalized spacial score (nSPS) is 21.1. The first-order valence-corrected chi connectivity index (χ1v) is 5.84. The highest BCUT2D eigenvalue weighted by molar-refractivity contribution is 5.14. The van der Waals surface area contributed by atoms with E-state index in [9.17, 15) is 0 Å². The second kappa shape index (κ2) is 5.92. The monoisotopic (exact) mass is 205 g/mol. The van der Waals surface area contributed by atoms with Crippen LogP contribution in [0.1, 0.15) is 39.5 Å². The molecule has 0 fully saturated rings. The van der Waals surface area contributed by atoms with Crippen molar-refractivity contribution in [3.8, 4) is 0 Å². The molecular weight excluding hydrogens is 182 g/mol. The standard InChI is InChI=1S/C14H23N/c1-14(2)10-8-13(9-11-14)7-5-3-4-6-12-15/h3-6,8H,7,9-12,15H2,1-2H3/b5-3-,6-4-. The molecule has 0 amide bonds. The summed E-state index contributed by atoms with van der Waals surface area (Å²) in [5.41, 5.74) is 7.46. The molecule has 0 atom stereocenters. The summed E-state index contributed by atoms with van der Waals surface area (Å²) in [5.74, 6) is 0. The molecule has 1 aliphatic rings.